The van der Waals surface area contributed by atoms with Gasteiger partial charge in [-0.3, -0.25) is 4.79 Å². The number of aromatic nitrogens is 2. The van der Waals surface area contributed by atoms with Crippen LogP contribution in [0.4, 0.5) is 8.78 Å². The average Bonchev–Trinajstić information content (AvgIpc) is 3.02. The van der Waals surface area contributed by atoms with Gasteiger partial charge in [0.1, 0.15) is 12.5 Å². The van der Waals surface area contributed by atoms with Crippen LogP contribution in [-0.2, 0) is 16.0 Å². The summed E-state index contributed by atoms with van der Waals surface area (Å²) in [5.74, 6) is -2.19. The van der Waals surface area contributed by atoms with Gasteiger partial charge in [0.25, 0.3) is 0 Å². The topological polar surface area (TPSA) is 105 Å². The summed E-state index contributed by atoms with van der Waals surface area (Å²) in [7, 11) is 0. The van der Waals surface area contributed by atoms with E-state index in [-0.39, 0.29) is 24.6 Å². The molecule has 2 N–H and O–H groups in total. The molecule has 0 aliphatic carbocycles. The number of carbonyl (C=O) groups excluding carboxylic acids is 1. The van der Waals surface area contributed by atoms with E-state index in [0.29, 0.717) is 11.1 Å². The highest BCUT2D eigenvalue weighted by atomic mass is 19.1. The molecule has 7 nitrogen and oxygen atoms in total. The number of alkyl halides is 1. The third-order valence-corrected chi connectivity index (χ3v) is 3.25. The van der Waals surface area contributed by atoms with E-state index in [1.165, 1.54) is 6.07 Å². The number of benzene rings is 1. The predicted octanol–water partition coefficient (Wildman–Crippen LogP) is 1.66. The number of nitrogens with one attached hydrogen (secondary N) is 1. The summed E-state index contributed by atoms with van der Waals surface area (Å²) in [5, 5.41) is 14.4. The van der Waals surface area contributed by atoms with Crippen molar-refractivity contribution in [2.45, 2.75) is 25.8 Å². The zero-order valence-electron chi connectivity index (χ0n) is 12.8. The summed E-state index contributed by atoms with van der Waals surface area (Å²) in [6.07, 6.45) is -0.0977. The summed E-state index contributed by atoms with van der Waals surface area (Å²) in [6, 6.07) is 2.91. The number of hydrogen-bond acceptors (Lipinski definition) is 5. The Morgan fingerprint density at radius 2 is 2.17 bits per heavy atom. The normalized spacial score (nSPS) is 12.0. The maximum absolute atomic E-state index is 13.5. The van der Waals surface area contributed by atoms with Crippen molar-refractivity contribution in [2.75, 3.05) is 6.67 Å². The Morgan fingerprint density at radius 1 is 1.42 bits per heavy atom. The third kappa shape index (κ3) is 4.34. The number of aryl methyl sites for hydroxylation is 2. The second kappa shape index (κ2) is 7.62. The molecule has 1 aromatic heterocycles. The van der Waals surface area contributed by atoms with E-state index >= 15 is 0 Å². The summed E-state index contributed by atoms with van der Waals surface area (Å²) in [4.78, 5) is 26.2. The molecular formula is C15H15F2N3O4. The van der Waals surface area contributed by atoms with Gasteiger partial charge in [0.2, 0.25) is 17.6 Å². The van der Waals surface area contributed by atoms with Gasteiger partial charge in [-0.15, -0.1) is 0 Å². The molecule has 0 saturated heterocycles. The number of halogens is 2. The molecule has 0 radical (unpaired) electrons. The van der Waals surface area contributed by atoms with Crippen LogP contribution in [0.15, 0.2) is 22.7 Å². The van der Waals surface area contributed by atoms with E-state index in [4.69, 9.17) is 9.63 Å². The molecular weight excluding hydrogens is 324 g/mol. The lowest BCUT2D eigenvalue weighted by Gasteiger charge is -2.09. The number of carboxylic acid groups (broad SMARTS) is 1. The largest absolute Gasteiger partial charge is 0.480 e. The maximum Gasteiger partial charge on any atom is 0.328 e. The van der Waals surface area contributed by atoms with Crippen molar-refractivity contribution in [3.8, 4) is 11.4 Å². The number of aliphatic carboxylic acids is 1. The minimum Gasteiger partial charge on any atom is -0.480 e. The summed E-state index contributed by atoms with van der Waals surface area (Å²) >= 11 is 0. The van der Waals surface area contributed by atoms with E-state index in [1.54, 1.807) is 19.1 Å². The summed E-state index contributed by atoms with van der Waals surface area (Å²) in [5.41, 5.74) is 0.918. The Balaban J connectivity index is 1.95. The van der Waals surface area contributed by atoms with Crippen molar-refractivity contribution >= 4 is 11.9 Å². The Kier molecular flexibility index (Phi) is 5.56. The van der Waals surface area contributed by atoms with E-state index in [2.05, 4.69) is 10.1 Å². The lowest BCUT2D eigenvalue weighted by molar-refractivity contribution is -0.142. The van der Waals surface area contributed by atoms with E-state index in [9.17, 15) is 18.4 Å². The molecule has 9 heteroatoms. The molecule has 1 amide bonds. The van der Waals surface area contributed by atoms with Gasteiger partial charge in [-0.25, -0.2) is 13.6 Å². The first-order chi connectivity index (χ1) is 11.4. The highest BCUT2D eigenvalue weighted by Crippen LogP contribution is 2.19. The molecule has 1 heterocycles. The minimum absolute atomic E-state index is 0.0474. The molecule has 2 rings (SSSR count). The molecule has 24 heavy (non-hydrogen) atoms. The fraction of sp³-hybridized carbons (Fsp3) is 0.333. The molecule has 0 fully saturated rings. The van der Waals surface area contributed by atoms with Crippen molar-refractivity contribution in [2.24, 2.45) is 0 Å². The van der Waals surface area contributed by atoms with Gasteiger partial charge in [0.05, 0.1) is 0 Å². The number of carboxylic acids is 1. The first-order valence-corrected chi connectivity index (χ1v) is 7.08. The van der Waals surface area contributed by atoms with Gasteiger partial charge >= 0.3 is 5.97 Å². The molecule has 0 aliphatic rings. The molecule has 0 spiro atoms. The van der Waals surface area contributed by atoms with Gasteiger partial charge in [-0.1, -0.05) is 17.3 Å². The van der Waals surface area contributed by atoms with Crippen LogP contribution in [0.5, 0.6) is 0 Å². The fourth-order valence-electron chi connectivity index (χ4n) is 1.86. The highest BCUT2D eigenvalue weighted by molar-refractivity contribution is 5.83. The second-order valence-electron chi connectivity index (χ2n) is 5.09. The molecule has 2 aromatic rings. The fourth-order valence-corrected chi connectivity index (χ4v) is 1.86. The molecule has 128 valence electrons. The van der Waals surface area contributed by atoms with Gasteiger partial charge in [0.15, 0.2) is 6.04 Å². The minimum atomic E-state index is -1.58. The van der Waals surface area contributed by atoms with Crippen LogP contribution in [0.1, 0.15) is 17.9 Å². The molecule has 1 unspecified atom stereocenters. The zero-order chi connectivity index (χ0) is 17.7. The number of nitrogens with zero attached hydrogens (tertiary/aromatic N) is 2. The predicted molar refractivity (Wildman–Crippen MR) is 78.3 cm³/mol. The van der Waals surface area contributed by atoms with Crippen LogP contribution in [0.3, 0.4) is 0 Å². The molecule has 0 saturated carbocycles. The number of rotatable bonds is 7. The molecule has 0 aliphatic heterocycles. The highest BCUT2D eigenvalue weighted by Gasteiger charge is 2.20. The van der Waals surface area contributed by atoms with Crippen LogP contribution in [-0.4, -0.2) is 39.8 Å². The van der Waals surface area contributed by atoms with Crippen molar-refractivity contribution in [1.82, 2.24) is 15.5 Å². The average molecular weight is 339 g/mol. The number of amides is 1. The zero-order valence-corrected chi connectivity index (χ0v) is 12.8. The monoisotopic (exact) mass is 339 g/mol. The first kappa shape index (κ1) is 17.5. The van der Waals surface area contributed by atoms with Crippen molar-refractivity contribution in [3.05, 3.63) is 35.5 Å². The van der Waals surface area contributed by atoms with Gasteiger partial charge < -0.3 is 14.9 Å². The Morgan fingerprint density at radius 3 is 2.79 bits per heavy atom. The SMILES string of the molecule is Cc1ccc(-c2noc(CCC(=O)NC(CF)C(=O)O)n2)cc1F. The van der Waals surface area contributed by atoms with E-state index < -0.39 is 30.4 Å². The molecule has 1 aromatic carbocycles. The second-order valence-corrected chi connectivity index (χ2v) is 5.09. The number of hydrogen-bond donors (Lipinski definition) is 2. The molecule has 0 bridgehead atoms. The molecule has 1 atom stereocenters. The van der Waals surface area contributed by atoms with Crippen LogP contribution in [0.25, 0.3) is 11.4 Å². The van der Waals surface area contributed by atoms with E-state index in [0.717, 1.165) is 0 Å². The maximum atomic E-state index is 13.5. The number of carbonyl (C=O) groups is 2. The van der Waals surface area contributed by atoms with Crippen molar-refractivity contribution in [3.63, 3.8) is 0 Å². The van der Waals surface area contributed by atoms with Crippen molar-refractivity contribution in [1.29, 1.82) is 0 Å². The van der Waals surface area contributed by atoms with Crippen LogP contribution in [0, 0.1) is 12.7 Å². The van der Waals surface area contributed by atoms with Crippen LogP contribution >= 0.6 is 0 Å². The van der Waals surface area contributed by atoms with Crippen molar-refractivity contribution < 1.29 is 28.0 Å². The summed E-state index contributed by atoms with van der Waals surface area (Å²) in [6.45, 7) is 0.423. The van der Waals surface area contributed by atoms with Crippen LogP contribution < -0.4 is 5.32 Å². The van der Waals surface area contributed by atoms with Gasteiger partial charge in [-0.05, 0) is 18.6 Å². The Bertz CT molecular complexity index is 748. The quantitative estimate of drug-likeness (QED) is 0.795. The smallest absolute Gasteiger partial charge is 0.328 e. The third-order valence-electron chi connectivity index (χ3n) is 3.25. The Labute approximate surface area is 135 Å². The van der Waals surface area contributed by atoms with Gasteiger partial charge in [-0.2, -0.15) is 4.98 Å². The Hall–Kier alpha value is -2.84. The van der Waals surface area contributed by atoms with E-state index in [1.807, 2.05) is 5.32 Å². The summed E-state index contributed by atoms with van der Waals surface area (Å²) < 4.78 is 30.9. The first-order valence-electron chi connectivity index (χ1n) is 7.08. The van der Waals surface area contributed by atoms with Gasteiger partial charge in [0, 0.05) is 18.4 Å². The lowest BCUT2D eigenvalue weighted by Crippen LogP contribution is -2.42. The standard InChI is InChI=1S/C15H15F2N3O4/c1-8-2-3-9(6-10(8)17)14-19-13(24-20-14)5-4-12(21)18-11(7-16)15(22)23/h2-3,6,11H,4-5,7H2,1H3,(H,18,21)(H,22,23). The lowest BCUT2D eigenvalue weighted by atomic mass is 10.1. The van der Waals surface area contributed by atoms with Crippen LogP contribution in [0.2, 0.25) is 0 Å².